The lowest BCUT2D eigenvalue weighted by Crippen LogP contribution is -2.50. The molecule has 26 heavy (non-hydrogen) atoms. The minimum Gasteiger partial charge on any atom is -0.459 e. The lowest BCUT2D eigenvalue weighted by Gasteiger charge is -2.33. The summed E-state index contributed by atoms with van der Waals surface area (Å²) in [4.78, 5) is 13.4. The zero-order valence-electron chi connectivity index (χ0n) is 13.4. The maximum absolute atomic E-state index is 12.6. The number of alkyl halides is 3. The van der Waals surface area contributed by atoms with Crippen LogP contribution in [-0.4, -0.2) is 49.7 Å². The minimum absolute atomic E-state index is 0.0514. The normalized spacial score (nSPS) is 16.7. The molecule has 0 radical (unpaired) electrons. The van der Waals surface area contributed by atoms with Crippen LogP contribution in [0.2, 0.25) is 0 Å². The number of carbonyl (C=O) groups excluding carboxylic acids is 1. The van der Waals surface area contributed by atoms with Gasteiger partial charge < -0.3 is 9.32 Å². The van der Waals surface area contributed by atoms with Crippen LogP contribution in [0.1, 0.15) is 16.1 Å². The van der Waals surface area contributed by atoms with Gasteiger partial charge in [0.05, 0.1) is 16.7 Å². The molecule has 1 aromatic carbocycles. The van der Waals surface area contributed by atoms with Crippen molar-refractivity contribution in [3.63, 3.8) is 0 Å². The maximum atomic E-state index is 12.6. The molecule has 0 saturated carbocycles. The lowest BCUT2D eigenvalue weighted by molar-refractivity contribution is -0.137. The van der Waals surface area contributed by atoms with Crippen LogP contribution in [0.25, 0.3) is 0 Å². The molecule has 0 atom stereocenters. The predicted octanol–water partition coefficient (Wildman–Crippen LogP) is 2.45. The zero-order chi connectivity index (χ0) is 18.9. The quantitative estimate of drug-likeness (QED) is 0.810. The molecule has 2 heterocycles. The van der Waals surface area contributed by atoms with Crippen LogP contribution in [0.3, 0.4) is 0 Å². The van der Waals surface area contributed by atoms with Gasteiger partial charge in [-0.2, -0.15) is 17.5 Å². The number of nitrogens with zero attached hydrogens (tertiary/aromatic N) is 2. The number of piperazine rings is 1. The van der Waals surface area contributed by atoms with Crippen molar-refractivity contribution in [2.75, 3.05) is 26.2 Å². The third kappa shape index (κ3) is 3.61. The second-order valence-electron chi connectivity index (χ2n) is 5.70. The van der Waals surface area contributed by atoms with Crippen LogP contribution in [0, 0.1) is 0 Å². The number of benzene rings is 1. The standard InChI is InChI=1S/C16H15F3N2O4S/c17-16(18,19)12-3-5-13(6-4-12)26(23,24)21-9-7-20(8-10-21)15(22)14-2-1-11-25-14/h1-6,11H,7-10H2. The number of sulfonamides is 1. The Morgan fingerprint density at radius 1 is 1.00 bits per heavy atom. The number of hydrogen-bond donors (Lipinski definition) is 0. The Kier molecular flexibility index (Phi) is 4.80. The summed E-state index contributed by atoms with van der Waals surface area (Å²) in [5, 5.41) is 0. The summed E-state index contributed by atoms with van der Waals surface area (Å²) in [6.07, 6.45) is -3.15. The van der Waals surface area contributed by atoms with Crippen molar-refractivity contribution in [1.29, 1.82) is 0 Å². The van der Waals surface area contributed by atoms with Crippen LogP contribution in [0.5, 0.6) is 0 Å². The summed E-state index contributed by atoms with van der Waals surface area (Å²) in [7, 11) is -3.92. The van der Waals surface area contributed by atoms with Gasteiger partial charge in [0, 0.05) is 26.2 Å². The molecular formula is C16H15F3N2O4S. The van der Waals surface area contributed by atoms with Gasteiger partial charge in [0.2, 0.25) is 10.0 Å². The summed E-state index contributed by atoms with van der Waals surface area (Å²) in [6.45, 7) is 0.435. The second kappa shape index (κ2) is 6.76. The van der Waals surface area contributed by atoms with E-state index >= 15 is 0 Å². The molecule has 1 saturated heterocycles. The Morgan fingerprint density at radius 2 is 1.62 bits per heavy atom. The largest absolute Gasteiger partial charge is 0.459 e. The molecule has 1 aromatic heterocycles. The Morgan fingerprint density at radius 3 is 2.12 bits per heavy atom. The molecule has 1 aliphatic heterocycles. The van der Waals surface area contributed by atoms with E-state index in [0.29, 0.717) is 0 Å². The van der Waals surface area contributed by atoms with Gasteiger partial charge in [-0.3, -0.25) is 4.79 Å². The topological polar surface area (TPSA) is 70.8 Å². The number of halogens is 3. The average Bonchev–Trinajstić information content (AvgIpc) is 3.15. The van der Waals surface area contributed by atoms with E-state index in [9.17, 15) is 26.4 Å². The highest BCUT2D eigenvalue weighted by atomic mass is 32.2. The first-order chi connectivity index (χ1) is 12.2. The molecule has 1 aliphatic rings. The summed E-state index contributed by atoms with van der Waals surface area (Å²) in [5.74, 6) is -0.161. The van der Waals surface area contributed by atoms with Gasteiger partial charge in [0.15, 0.2) is 5.76 Å². The van der Waals surface area contributed by atoms with E-state index < -0.39 is 21.8 Å². The molecule has 1 fully saturated rings. The number of rotatable bonds is 3. The summed E-state index contributed by atoms with van der Waals surface area (Å²) >= 11 is 0. The van der Waals surface area contributed by atoms with Crippen molar-refractivity contribution in [1.82, 2.24) is 9.21 Å². The fourth-order valence-electron chi connectivity index (χ4n) is 2.65. The number of carbonyl (C=O) groups is 1. The maximum Gasteiger partial charge on any atom is 0.416 e. The van der Waals surface area contributed by atoms with Gasteiger partial charge in [-0.15, -0.1) is 0 Å². The van der Waals surface area contributed by atoms with Crippen molar-refractivity contribution in [3.8, 4) is 0 Å². The molecule has 140 valence electrons. The molecule has 0 N–H and O–H groups in total. The van der Waals surface area contributed by atoms with Crippen LogP contribution in [0.4, 0.5) is 13.2 Å². The van der Waals surface area contributed by atoms with E-state index in [1.165, 1.54) is 17.2 Å². The van der Waals surface area contributed by atoms with E-state index in [1.54, 1.807) is 6.07 Å². The summed E-state index contributed by atoms with van der Waals surface area (Å²) < 4.78 is 69.1. The van der Waals surface area contributed by atoms with Gasteiger partial charge in [0.25, 0.3) is 5.91 Å². The monoisotopic (exact) mass is 388 g/mol. The van der Waals surface area contributed by atoms with Gasteiger partial charge >= 0.3 is 6.18 Å². The number of amides is 1. The highest BCUT2D eigenvalue weighted by Gasteiger charge is 2.33. The Hall–Kier alpha value is -2.33. The van der Waals surface area contributed by atoms with Crippen molar-refractivity contribution >= 4 is 15.9 Å². The first-order valence-electron chi connectivity index (χ1n) is 7.70. The van der Waals surface area contributed by atoms with E-state index in [4.69, 9.17) is 4.42 Å². The molecule has 10 heteroatoms. The molecule has 0 spiro atoms. The summed E-state index contributed by atoms with van der Waals surface area (Å²) in [5.41, 5.74) is -0.912. The molecule has 6 nitrogen and oxygen atoms in total. The Labute approximate surface area is 147 Å². The van der Waals surface area contributed by atoms with Gasteiger partial charge in [-0.25, -0.2) is 8.42 Å². The molecule has 1 amide bonds. The van der Waals surface area contributed by atoms with E-state index in [2.05, 4.69) is 0 Å². The van der Waals surface area contributed by atoms with Crippen LogP contribution >= 0.6 is 0 Å². The fraction of sp³-hybridized carbons (Fsp3) is 0.312. The van der Waals surface area contributed by atoms with Crippen LogP contribution in [0.15, 0.2) is 52.0 Å². The second-order valence-corrected chi connectivity index (χ2v) is 7.63. The van der Waals surface area contributed by atoms with Crippen LogP contribution in [-0.2, 0) is 16.2 Å². The van der Waals surface area contributed by atoms with E-state index in [0.717, 1.165) is 28.6 Å². The average molecular weight is 388 g/mol. The van der Waals surface area contributed by atoms with Crippen molar-refractivity contribution in [2.24, 2.45) is 0 Å². The number of furan rings is 1. The molecule has 0 aliphatic carbocycles. The molecule has 0 bridgehead atoms. The van der Waals surface area contributed by atoms with Gasteiger partial charge in [-0.05, 0) is 36.4 Å². The van der Waals surface area contributed by atoms with Gasteiger partial charge in [0.1, 0.15) is 0 Å². The highest BCUT2D eigenvalue weighted by Crippen LogP contribution is 2.30. The zero-order valence-corrected chi connectivity index (χ0v) is 14.3. The molecule has 2 aromatic rings. The van der Waals surface area contributed by atoms with Crippen LogP contribution < -0.4 is 0 Å². The fourth-order valence-corrected chi connectivity index (χ4v) is 4.07. The third-order valence-electron chi connectivity index (χ3n) is 4.08. The van der Waals surface area contributed by atoms with E-state index in [-0.39, 0.29) is 42.7 Å². The highest BCUT2D eigenvalue weighted by molar-refractivity contribution is 7.89. The lowest BCUT2D eigenvalue weighted by atomic mass is 10.2. The molecule has 3 rings (SSSR count). The molecule has 0 unspecified atom stereocenters. The predicted molar refractivity (Wildman–Crippen MR) is 84.8 cm³/mol. The molecular weight excluding hydrogens is 373 g/mol. The van der Waals surface area contributed by atoms with Gasteiger partial charge in [-0.1, -0.05) is 0 Å². The van der Waals surface area contributed by atoms with E-state index in [1.807, 2.05) is 0 Å². The Balaban J connectivity index is 1.69. The SMILES string of the molecule is O=C(c1ccco1)N1CCN(S(=O)(=O)c2ccc(C(F)(F)F)cc2)CC1. The van der Waals surface area contributed by atoms with Crippen molar-refractivity contribution in [3.05, 3.63) is 54.0 Å². The Bertz CT molecular complexity index is 869. The minimum atomic E-state index is -4.53. The number of hydrogen-bond acceptors (Lipinski definition) is 4. The first-order valence-corrected chi connectivity index (χ1v) is 9.14. The smallest absolute Gasteiger partial charge is 0.416 e. The van der Waals surface area contributed by atoms with Crippen molar-refractivity contribution < 1.29 is 30.8 Å². The van der Waals surface area contributed by atoms with Crippen molar-refractivity contribution in [2.45, 2.75) is 11.1 Å². The third-order valence-corrected chi connectivity index (χ3v) is 5.99. The first kappa shape index (κ1) is 18.5. The summed E-state index contributed by atoms with van der Waals surface area (Å²) in [6, 6.07) is 6.47.